The van der Waals surface area contributed by atoms with Gasteiger partial charge in [-0.2, -0.15) is 0 Å². The summed E-state index contributed by atoms with van der Waals surface area (Å²) in [6.45, 7) is 4.13. The first-order valence-corrected chi connectivity index (χ1v) is 8.57. The fraction of sp³-hybridized carbons (Fsp3) is 0.200. The van der Waals surface area contributed by atoms with Gasteiger partial charge in [0.15, 0.2) is 0 Å². The molecule has 4 aromatic rings. The van der Waals surface area contributed by atoms with Gasteiger partial charge in [0.05, 0.1) is 19.0 Å². The molecule has 0 aliphatic heterocycles. The van der Waals surface area contributed by atoms with Gasteiger partial charge in [-0.05, 0) is 42.7 Å². The standard InChI is InChI=1S/C20H19N5O2/c1-13-7-6-8-14(2)17(13)18(25-12-22-19(23-25)20(26)27-3)15-11-21-16-9-4-5-10-24(15)16/h4-12,18H,1-3H3. The lowest BCUT2D eigenvalue weighted by atomic mass is 9.94. The number of pyridine rings is 1. The lowest BCUT2D eigenvalue weighted by molar-refractivity contribution is 0.0586. The number of esters is 1. The van der Waals surface area contributed by atoms with Gasteiger partial charge in [-0.15, -0.1) is 5.10 Å². The smallest absolute Gasteiger partial charge is 0.377 e. The molecule has 1 aromatic carbocycles. The number of ether oxygens (including phenoxy) is 1. The Labute approximate surface area is 156 Å². The van der Waals surface area contributed by atoms with Crippen molar-refractivity contribution in [3.05, 3.63) is 83.3 Å². The average molecular weight is 361 g/mol. The maximum Gasteiger partial charge on any atom is 0.377 e. The highest BCUT2D eigenvalue weighted by Crippen LogP contribution is 2.31. The monoisotopic (exact) mass is 361 g/mol. The minimum absolute atomic E-state index is 0.0301. The maximum absolute atomic E-state index is 11.8. The Balaban J connectivity index is 1.96. The van der Waals surface area contributed by atoms with Crippen molar-refractivity contribution in [1.82, 2.24) is 24.1 Å². The SMILES string of the molecule is COC(=O)c1ncn(C(c2c(C)cccc2C)c2cnc3ccccn23)n1. The van der Waals surface area contributed by atoms with E-state index in [1.165, 1.54) is 7.11 Å². The fourth-order valence-corrected chi connectivity index (χ4v) is 3.41. The predicted octanol–water partition coefficient (Wildman–Crippen LogP) is 2.97. The number of hydrogen-bond donors (Lipinski definition) is 0. The van der Waals surface area contributed by atoms with Gasteiger partial charge in [0.25, 0.3) is 5.82 Å². The van der Waals surface area contributed by atoms with Crippen LogP contribution >= 0.6 is 0 Å². The van der Waals surface area contributed by atoms with Crippen molar-refractivity contribution >= 4 is 11.6 Å². The van der Waals surface area contributed by atoms with E-state index in [0.29, 0.717) is 0 Å². The van der Waals surface area contributed by atoms with Crippen molar-refractivity contribution < 1.29 is 9.53 Å². The maximum atomic E-state index is 11.8. The fourth-order valence-electron chi connectivity index (χ4n) is 3.41. The zero-order valence-electron chi connectivity index (χ0n) is 15.3. The van der Waals surface area contributed by atoms with Gasteiger partial charge >= 0.3 is 5.97 Å². The molecule has 0 saturated carbocycles. The van der Waals surface area contributed by atoms with Crippen molar-refractivity contribution in [2.75, 3.05) is 7.11 Å². The number of carbonyl (C=O) groups excluding carboxylic acids is 1. The van der Waals surface area contributed by atoms with Crippen molar-refractivity contribution in [2.24, 2.45) is 0 Å². The first-order chi connectivity index (χ1) is 13.1. The summed E-state index contributed by atoms with van der Waals surface area (Å²) >= 11 is 0. The Morgan fingerprint density at radius 2 is 1.85 bits per heavy atom. The molecule has 0 fully saturated rings. The van der Waals surface area contributed by atoms with Crippen molar-refractivity contribution in [3.63, 3.8) is 0 Å². The van der Waals surface area contributed by atoms with E-state index < -0.39 is 5.97 Å². The van der Waals surface area contributed by atoms with E-state index in [4.69, 9.17) is 4.74 Å². The Kier molecular flexibility index (Phi) is 4.19. The third-order valence-corrected chi connectivity index (χ3v) is 4.68. The summed E-state index contributed by atoms with van der Waals surface area (Å²) in [6.07, 6.45) is 5.37. The third-order valence-electron chi connectivity index (χ3n) is 4.68. The van der Waals surface area contributed by atoms with E-state index >= 15 is 0 Å². The Morgan fingerprint density at radius 1 is 1.07 bits per heavy atom. The first-order valence-electron chi connectivity index (χ1n) is 8.57. The van der Waals surface area contributed by atoms with Gasteiger partial charge in [-0.25, -0.2) is 19.4 Å². The lowest BCUT2D eigenvalue weighted by Crippen LogP contribution is -2.18. The number of fused-ring (bicyclic) bond motifs is 1. The third kappa shape index (κ3) is 2.87. The molecule has 0 spiro atoms. The summed E-state index contributed by atoms with van der Waals surface area (Å²) in [5.74, 6) is -0.533. The van der Waals surface area contributed by atoms with Crippen LogP contribution in [0.25, 0.3) is 5.65 Å². The van der Waals surface area contributed by atoms with E-state index in [1.54, 1.807) is 11.0 Å². The van der Waals surface area contributed by atoms with Gasteiger partial charge in [-0.3, -0.25) is 0 Å². The summed E-state index contributed by atoms with van der Waals surface area (Å²) in [5.41, 5.74) is 5.13. The summed E-state index contributed by atoms with van der Waals surface area (Å²) in [4.78, 5) is 20.5. The Bertz CT molecular complexity index is 1110. The number of aryl methyl sites for hydroxylation is 2. The summed E-state index contributed by atoms with van der Waals surface area (Å²) in [5, 5.41) is 4.39. The summed E-state index contributed by atoms with van der Waals surface area (Å²) < 4.78 is 8.46. The lowest BCUT2D eigenvalue weighted by Gasteiger charge is -2.21. The van der Waals surface area contributed by atoms with E-state index in [1.807, 2.05) is 41.1 Å². The molecule has 0 bridgehead atoms. The number of nitrogens with zero attached hydrogens (tertiary/aromatic N) is 5. The van der Waals surface area contributed by atoms with E-state index in [2.05, 4.69) is 41.0 Å². The second-order valence-corrected chi connectivity index (χ2v) is 6.36. The van der Waals surface area contributed by atoms with Gasteiger partial charge < -0.3 is 9.14 Å². The summed E-state index contributed by atoms with van der Waals surface area (Å²) in [6, 6.07) is 11.7. The van der Waals surface area contributed by atoms with Crippen LogP contribution in [0.3, 0.4) is 0 Å². The predicted molar refractivity (Wildman–Crippen MR) is 99.7 cm³/mol. The number of benzene rings is 1. The highest BCUT2D eigenvalue weighted by molar-refractivity contribution is 5.84. The molecule has 3 heterocycles. The second kappa shape index (κ2) is 6.68. The number of methoxy groups -OCH3 is 1. The molecule has 0 radical (unpaired) electrons. The molecule has 0 aliphatic carbocycles. The molecule has 7 nitrogen and oxygen atoms in total. The number of hydrogen-bond acceptors (Lipinski definition) is 5. The molecular weight excluding hydrogens is 342 g/mol. The number of carbonyl (C=O) groups is 1. The second-order valence-electron chi connectivity index (χ2n) is 6.36. The molecule has 0 amide bonds. The topological polar surface area (TPSA) is 74.3 Å². The van der Waals surface area contributed by atoms with Crippen LogP contribution in [0.5, 0.6) is 0 Å². The normalized spacial score (nSPS) is 12.3. The molecule has 0 saturated heterocycles. The highest BCUT2D eigenvalue weighted by Gasteiger charge is 2.26. The van der Waals surface area contributed by atoms with E-state index in [0.717, 1.165) is 28.0 Å². The summed E-state index contributed by atoms with van der Waals surface area (Å²) in [7, 11) is 1.32. The minimum atomic E-state index is -0.563. The van der Waals surface area contributed by atoms with Gasteiger partial charge in [-0.1, -0.05) is 24.3 Å². The molecule has 27 heavy (non-hydrogen) atoms. The molecule has 0 aliphatic rings. The van der Waals surface area contributed by atoms with Gasteiger partial charge in [0.1, 0.15) is 18.0 Å². The van der Waals surface area contributed by atoms with Crippen LogP contribution in [0, 0.1) is 13.8 Å². The Morgan fingerprint density at radius 3 is 2.59 bits per heavy atom. The van der Waals surface area contributed by atoms with Crippen LogP contribution in [-0.2, 0) is 4.74 Å². The van der Waals surface area contributed by atoms with Crippen LogP contribution in [-0.4, -0.2) is 37.2 Å². The molecule has 7 heteroatoms. The number of imidazole rings is 1. The van der Waals surface area contributed by atoms with Crippen molar-refractivity contribution in [3.8, 4) is 0 Å². The minimum Gasteiger partial charge on any atom is -0.463 e. The molecular formula is C20H19N5O2. The average Bonchev–Trinajstić information content (AvgIpc) is 3.32. The zero-order chi connectivity index (χ0) is 19.0. The molecule has 136 valence electrons. The quantitative estimate of drug-likeness (QED) is 0.523. The van der Waals surface area contributed by atoms with Gasteiger partial charge in [0.2, 0.25) is 0 Å². The molecule has 4 rings (SSSR count). The molecule has 1 unspecified atom stereocenters. The number of rotatable bonds is 4. The molecule has 1 atom stereocenters. The zero-order valence-corrected chi connectivity index (χ0v) is 15.3. The van der Waals surface area contributed by atoms with E-state index in [-0.39, 0.29) is 11.9 Å². The van der Waals surface area contributed by atoms with Crippen LogP contribution in [0.1, 0.15) is 39.0 Å². The highest BCUT2D eigenvalue weighted by atomic mass is 16.5. The number of aromatic nitrogens is 5. The van der Waals surface area contributed by atoms with Crippen LogP contribution in [0.2, 0.25) is 0 Å². The van der Waals surface area contributed by atoms with E-state index in [9.17, 15) is 4.79 Å². The van der Waals surface area contributed by atoms with Crippen LogP contribution in [0.4, 0.5) is 0 Å². The largest absolute Gasteiger partial charge is 0.463 e. The molecule has 0 N–H and O–H groups in total. The van der Waals surface area contributed by atoms with Crippen LogP contribution < -0.4 is 0 Å². The van der Waals surface area contributed by atoms with Crippen molar-refractivity contribution in [2.45, 2.75) is 19.9 Å². The van der Waals surface area contributed by atoms with Gasteiger partial charge in [0, 0.05) is 6.20 Å². The van der Waals surface area contributed by atoms with Crippen molar-refractivity contribution in [1.29, 1.82) is 0 Å². The molecule has 3 aromatic heterocycles. The Hall–Kier alpha value is -3.48. The van der Waals surface area contributed by atoms with Crippen LogP contribution in [0.15, 0.2) is 55.1 Å². The first kappa shape index (κ1) is 17.0.